The number of carbonyl (C=O) groups excluding carboxylic acids is 1. The number of benzene rings is 1. The number of likely N-dealkylation sites (tertiary alicyclic amines) is 1. The minimum Gasteiger partial charge on any atom is -0.391 e. The molecular formula is C15H19F2NO2. The number of carbonyl (C=O) groups is 1. The quantitative estimate of drug-likeness (QED) is 0.923. The summed E-state index contributed by atoms with van der Waals surface area (Å²) in [6.07, 6.45) is 0.699. The Bertz CT molecular complexity index is 493. The molecule has 0 aliphatic carbocycles. The Morgan fingerprint density at radius 3 is 2.85 bits per heavy atom. The number of β-amino-alcohol motifs (C(OH)–C–C–N with tert-alkyl or cyclic N) is 1. The molecular weight excluding hydrogens is 264 g/mol. The van der Waals surface area contributed by atoms with Crippen molar-refractivity contribution in [1.29, 1.82) is 0 Å². The largest absolute Gasteiger partial charge is 0.391 e. The number of hydrogen-bond donors (Lipinski definition) is 1. The molecule has 1 saturated heterocycles. The normalized spacial score (nSPS) is 22.9. The highest BCUT2D eigenvalue weighted by Gasteiger charge is 2.26. The maximum atomic E-state index is 13.5. The number of aliphatic hydroxyl groups is 1. The smallest absolute Gasteiger partial charge is 0.222 e. The molecule has 0 spiro atoms. The van der Waals surface area contributed by atoms with Crippen LogP contribution in [0.4, 0.5) is 8.78 Å². The lowest BCUT2D eigenvalue weighted by atomic mass is 9.95. The van der Waals surface area contributed by atoms with Crippen molar-refractivity contribution < 1.29 is 18.7 Å². The molecule has 1 aromatic rings. The molecule has 2 unspecified atom stereocenters. The van der Waals surface area contributed by atoms with Gasteiger partial charge in [0.15, 0.2) is 0 Å². The molecule has 1 amide bonds. The highest BCUT2D eigenvalue weighted by Crippen LogP contribution is 2.18. The van der Waals surface area contributed by atoms with E-state index in [9.17, 15) is 18.7 Å². The van der Waals surface area contributed by atoms with Crippen LogP contribution in [0.25, 0.3) is 0 Å². The highest BCUT2D eigenvalue weighted by atomic mass is 19.1. The van der Waals surface area contributed by atoms with Crippen LogP contribution in [0.5, 0.6) is 0 Å². The molecule has 1 aromatic carbocycles. The van der Waals surface area contributed by atoms with Crippen molar-refractivity contribution in [3.63, 3.8) is 0 Å². The number of aliphatic hydroxyl groups excluding tert-OH is 1. The molecule has 0 saturated carbocycles. The van der Waals surface area contributed by atoms with Gasteiger partial charge in [0, 0.05) is 25.6 Å². The highest BCUT2D eigenvalue weighted by molar-refractivity contribution is 5.76. The first kappa shape index (κ1) is 14.9. The van der Waals surface area contributed by atoms with Crippen LogP contribution in [0, 0.1) is 17.6 Å². The van der Waals surface area contributed by atoms with E-state index < -0.39 is 17.7 Å². The van der Waals surface area contributed by atoms with Gasteiger partial charge in [-0.05, 0) is 30.4 Å². The van der Waals surface area contributed by atoms with E-state index in [0.29, 0.717) is 18.7 Å². The summed E-state index contributed by atoms with van der Waals surface area (Å²) in [6.45, 7) is 2.93. The molecule has 1 aliphatic heterocycles. The molecule has 1 fully saturated rings. The van der Waals surface area contributed by atoms with Gasteiger partial charge in [0.25, 0.3) is 0 Å². The minimum atomic E-state index is -0.620. The Morgan fingerprint density at radius 2 is 2.20 bits per heavy atom. The van der Waals surface area contributed by atoms with Gasteiger partial charge in [0.1, 0.15) is 11.6 Å². The molecule has 2 atom stereocenters. The first-order valence-corrected chi connectivity index (χ1v) is 6.87. The van der Waals surface area contributed by atoms with Crippen LogP contribution in [0.1, 0.15) is 25.3 Å². The van der Waals surface area contributed by atoms with Gasteiger partial charge in [0.05, 0.1) is 6.10 Å². The summed E-state index contributed by atoms with van der Waals surface area (Å²) in [6, 6.07) is 3.38. The fourth-order valence-corrected chi connectivity index (χ4v) is 2.40. The van der Waals surface area contributed by atoms with E-state index in [1.54, 1.807) is 4.90 Å². The van der Waals surface area contributed by atoms with E-state index in [4.69, 9.17) is 0 Å². The third-order valence-electron chi connectivity index (χ3n) is 3.89. The second kappa shape index (κ2) is 6.31. The van der Waals surface area contributed by atoms with Crippen LogP contribution < -0.4 is 0 Å². The Morgan fingerprint density at radius 1 is 1.45 bits per heavy atom. The van der Waals surface area contributed by atoms with E-state index in [2.05, 4.69) is 0 Å². The summed E-state index contributed by atoms with van der Waals surface area (Å²) >= 11 is 0. The maximum absolute atomic E-state index is 13.5. The van der Waals surface area contributed by atoms with Crippen molar-refractivity contribution >= 4 is 5.91 Å². The van der Waals surface area contributed by atoms with Gasteiger partial charge in [-0.3, -0.25) is 4.79 Å². The van der Waals surface area contributed by atoms with Gasteiger partial charge in [-0.15, -0.1) is 0 Å². The lowest BCUT2D eigenvalue weighted by Gasteiger charge is -2.34. The molecule has 1 aliphatic rings. The number of nitrogens with zero attached hydrogens (tertiary/aromatic N) is 1. The Kier molecular flexibility index (Phi) is 4.70. The van der Waals surface area contributed by atoms with E-state index in [0.717, 1.165) is 12.5 Å². The molecule has 0 aromatic heterocycles. The number of halogens is 2. The topological polar surface area (TPSA) is 40.5 Å². The van der Waals surface area contributed by atoms with Crippen LogP contribution >= 0.6 is 0 Å². The van der Waals surface area contributed by atoms with E-state index in [-0.39, 0.29) is 24.7 Å². The summed E-state index contributed by atoms with van der Waals surface area (Å²) in [5.41, 5.74) is 0.339. The molecule has 2 rings (SSSR count). The molecule has 1 N–H and O–H groups in total. The van der Waals surface area contributed by atoms with Gasteiger partial charge in [-0.1, -0.05) is 13.0 Å². The molecule has 0 bridgehead atoms. The number of hydrogen-bond acceptors (Lipinski definition) is 2. The van der Waals surface area contributed by atoms with Crippen molar-refractivity contribution in [3.05, 3.63) is 35.4 Å². The summed E-state index contributed by atoms with van der Waals surface area (Å²) in [5, 5.41) is 9.76. The number of amides is 1. The van der Waals surface area contributed by atoms with Crippen LogP contribution in [0.3, 0.4) is 0 Å². The first-order valence-electron chi connectivity index (χ1n) is 6.87. The van der Waals surface area contributed by atoms with Crippen molar-refractivity contribution in [2.24, 2.45) is 5.92 Å². The standard InChI is InChI=1S/C15H19F2NO2/c1-10-6-7-18(9-14(10)19)15(20)5-3-11-2-4-12(16)8-13(11)17/h2,4,8,10,14,19H,3,5-7,9H2,1H3. The zero-order chi connectivity index (χ0) is 14.7. The first-order chi connectivity index (χ1) is 9.47. The second-order valence-electron chi connectivity index (χ2n) is 5.41. The average Bonchev–Trinajstić information content (AvgIpc) is 2.40. The molecule has 1 heterocycles. The fourth-order valence-electron chi connectivity index (χ4n) is 2.40. The van der Waals surface area contributed by atoms with Crippen LogP contribution in [-0.2, 0) is 11.2 Å². The maximum Gasteiger partial charge on any atom is 0.222 e. The summed E-state index contributed by atoms with van der Waals surface area (Å²) in [7, 11) is 0. The lowest BCUT2D eigenvalue weighted by Crippen LogP contribution is -2.45. The fraction of sp³-hybridized carbons (Fsp3) is 0.533. The van der Waals surface area contributed by atoms with Gasteiger partial charge >= 0.3 is 0 Å². The summed E-state index contributed by atoms with van der Waals surface area (Å²) < 4.78 is 26.2. The molecule has 110 valence electrons. The van der Waals surface area contributed by atoms with Crippen molar-refractivity contribution in [1.82, 2.24) is 4.90 Å². The molecule has 0 radical (unpaired) electrons. The zero-order valence-electron chi connectivity index (χ0n) is 11.5. The SMILES string of the molecule is CC1CCN(C(=O)CCc2ccc(F)cc2F)CC1O. The van der Waals surface area contributed by atoms with Crippen molar-refractivity contribution in [3.8, 4) is 0 Å². The van der Waals surface area contributed by atoms with E-state index in [1.165, 1.54) is 12.1 Å². The van der Waals surface area contributed by atoms with Crippen molar-refractivity contribution in [2.75, 3.05) is 13.1 Å². The third kappa shape index (κ3) is 3.54. The minimum absolute atomic E-state index is 0.0975. The van der Waals surface area contributed by atoms with Gasteiger partial charge in [-0.2, -0.15) is 0 Å². The van der Waals surface area contributed by atoms with Gasteiger partial charge in [0.2, 0.25) is 5.91 Å². The summed E-state index contributed by atoms with van der Waals surface area (Å²) in [5.74, 6) is -1.14. The zero-order valence-corrected chi connectivity index (χ0v) is 11.5. The van der Waals surface area contributed by atoms with E-state index in [1.807, 2.05) is 6.92 Å². The average molecular weight is 283 g/mol. The van der Waals surface area contributed by atoms with Crippen LogP contribution in [-0.4, -0.2) is 35.1 Å². The Hall–Kier alpha value is -1.49. The number of aryl methyl sites for hydroxylation is 1. The van der Waals surface area contributed by atoms with Gasteiger partial charge < -0.3 is 10.0 Å². The molecule has 3 nitrogen and oxygen atoms in total. The third-order valence-corrected chi connectivity index (χ3v) is 3.89. The predicted molar refractivity (Wildman–Crippen MR) is 71.0 cm³/mol. The lowest BCUT2D eigenvalue weighted by molar-refractivity contribution is -0.135. The monoisotopic (exact) mass is 283 g/mol. The molecule has 5 heteroatoms. The van der Waals surface area contributed by atoms with Crippen LogP contribution in [0.15, 0.2) is 18.2 Å². The van der Waals surface area contributed by atoms with E-state index >= 15 is 0 Å². The number of rotatable bonds is 3. The van der Waals surface area contributed by atoms with Crippen molar-refractivity contribution in [2.45, 2.75) is 32.3 Å². The van der Waals surface area contributed by atoms with Gasteiger partial charge in [-0.25, -0.2) is 8.78 Å². The molecule has 20 heavy (non-hydrogen) atoms. The Balaban J connectivity index is 1.89. The second-order valence-corrected chi connectivity index (χ2v) is 5.41. The number of piperidine rings is 1. The Labute approximate surface area is 117 Å². The summed E-state index contributed by atoms with van der Waals surface area (Å²) in [4.78, 5) is 13.6. The van der Waals surface area contributed by atoms with Crippen LogP contribution in [0.2, 0.25) is 0 Å². The predicted octanol–water partition coefficient (Wildman–Crippen LogP) is 2.13.